The summed E-state index contributed by atoms with van der Waals surface area (Å²) in [6.07, 6.45) is 2.22. The van der Waals surface area contributed by atoms with Crippen molar-refractivity contribution in [2.45, 2.75) is 64.4 Å². The van der Waals surface area contributed by atoms with E-state index in [2.05, 4.69) is 28.7 Å². The van der Waals surface area contributed by atoms with Crippen molar-refractivity contribution >= 4 is 29.1 Å². The monoisotopic (exact) mass is 373 g/mol. The number of ketones is 1. The molecule has 0 saturated carbocycles. The highest BCUT2D eigenvalue weighted by atomic mass is 32.2. The van der Waals surface area contributed by atoms with Crippen molar-refractivity contribution < 1.29 is 9.59 Å². The molecule has 6 heteroatoms. The molecule has 0 aliphatic rings. The average molecular weight is 374 g/mol. The summed E-state index contributed by atoms with van der Waals surface area (Å²) >= 11 is 1.51. The number of nitrogens with zero attached hydrogens (tertiary/aromatic N) is 2. The van der Waals surface area contributed by atoms with Gasteiger partial charge in [0.15, 0.2) is 10.9 Å². The minimum atomic E-state index is -0.233. The van der Waals surface area contributed by atoms with Crippen LogP contribution in [0.4, 0.5) is 5.69 Å². The molecule has 1 aromatic carbocycles. The van der Waals surface area contributed by atoms with E-state index in [0.29, 0.717) is 11.3 Å². The van der Waals surface area contributed by atoms with E-state index in [1.807, 2.05) is 13.8 Å². The fourth-order valence-corrected chi connectivity index (χ4v) is 3.76. The van der Waals surface area contributed by atoms with Crippen molar-refractivity contribution in [2.24, 2.45) is 0 Å². The van der Waals surface area contributed by atoms with Gasteiger partial charge in [0.25, 0.3) is 0 Å². The van der Waals surface area contributed by atoms with Crippen LogP contribution < -0.4 is 5.32 Å². The largest absolute Gasteiger partial charge is 0.326 e. The molecule has 0 unspecified atom stereocenters. The highest BCUT2D eigenvalue weighted by Crippen LogP contribution is 2.28. The molecule has 1 amide bonds. The van der Waals surface area contributed by atoms with Crippen molar-refractivity contribution in [2.75, 3.05) is 5.32 Å². The summed E-state index contributed by atoms with van der Waals surface area (Å²) in [6, 6.07) is 7.01. The van der Waals surface area contributed by atoms with Gasteiger partial charge in [-0.25, -0.2) is 4.98 Å². The van der Waals surface area contributed by atoms with Gasteiger partial charge in [-0.15, -0.1) is 0 Å². The Morgan fingerprint density at radius 1 is 1.23 bits per heavy atom. The lowest BCUT2D eigenvalue weighted by Crippen LogP contribution is -2.15. The van der Waals surface area contributed by atoms with E-state index in [-0.39, 0.29) is 16.9 Å². The maximum Gasteiger partial charge on any atom is 0.221 e. The Hall–Kier alpha value is -2.08. The van der Waals surface area contributed by atoms with Crippen molar-refractivity contribution in [3.63, 3.8) is 0 Å². The second-order valence-corrected chi connectivity index (χ2v) is 7.76. The number of rotatable bonds is 8. The van der Waals surface area contributed by atoms with E-state index in [9.17, 15) is 9.59 Å². The number of Topliss-reactive ketones (excluding diaryl/α,β-unsaturated/α-hetero) is 1. The fraction of sp³-hybridized carbons (Fsp3) is 0.450. The maximum absolute atomic E-state index is 12.8. The Kier molecular flexibility index (Phi) is 7.03. The molecule has 0 saturated heterocycles. The zero-order valence-corrected chi connectivity index (χ0v) is 16.9. The molecule has 0 radical (unpaired) electrons. The lowest BCUT2D eigenvalue weighted by Gasteiger charge is -2.13. The molecule has 26 heavy (non-hydrogen) atoms. The number of anilines is 1. The maximum atomic E-state index is 12.8. The van der Waals surface area contributed by atoms with Crippen LogP contribution in [-0.2, 0) is 11.3 Å². The topological polar surface area (TPSA) is 64.0 Å². The predicted octanol–water partition coefficient (Wildman–Crippen LogP) is 4.62. The predicted molar refractivity (Wildman–Crippen MR) is 107 cm³/mol. The Morgan fingerprint density at radius 2 is 1.88 bits per heavy atom. The highest BCUT2D eigenvalue weighted by molar-refractivity contribution is 8.00. The number of carbonyl (C=O) groups excluding carboxylic acids is 2. The molecule has 0 aliphatic carbocycles. The number of aromatic nitrogens is 2. The number of benzene rings is 1. The van der Waals surface area contributed by atoms with Crippen molar-refractivity contribution in [3.8, 4) is 0 Å². The van der Waals surface area contributed by atoms with Crippen molar-refractivity contribution in [1.82, 2.24) is 9.55 Å². The number of thioether (sulfide) groups is 1. The van der Waals surface area contributed by atoms with E-state index in [1.165, 1.54) is 24.4 Å². The lowest BCUT2D eigenvalue weighted by molar-refractivity contribution is -0.114. The minimum absolute atomic E-state index is 0.0599. The minimum Gasteiger partial charge on any atom is -0.326 e. The first kappa shape index (κ1) is 20.2. The van der Waals surface area contributed by atoms with Crippen LogP contribution in [-0.4, -0.2) is 26.5 Å². The summed E-state index contributed by atoms with van der Waals surface area (Å²) in [5.74, 6) is -0.0672. The molecule has 0 fully saturated rings. The molecule has 2 aromatic rings. The molecule has 140 valence electrons. The lowest BCUT2D eigenvalue weighted by atomic mass is 10.1. The molecule has 1 heterocycles. The van der Waals surface area contributed by atoms with Gasteiger partial charge in [-0.3, -0.25) is 9.59 Å². The molecular formula is C20H27N3O2S. The zero-order chi connectivity index (χ0) is 19.3. The van der Waals surface area contributed by atoms with Gasteiger partial charge in [-0.1, -0.05) is 25.1 Å². The number of unbranched alkanes of at least 4 members (excludes halogenated alkanes) is 1. The molecule has 0 bridgehead atoms. The third-order valence-electron chi connectivity index (χ3n) is 4.30. The summed E-state index contributed by atoms with van der Waals surface area (Å²) in [5.41, 5.74) is 3.51. The van der Waals surface area contributed by atoms with Crippen LogP contribution in [0.15, 0.2) is 29.4 Å². The van der Waals surface area contributed by atoms with Gasteiger partial charge in [0.2, 0.25) is 5.91 Å². The van der Waals surface area contributed by atoms with Gasteiger partial charge in [0.05, 0.1) is 10.9 Å². The van der Waals surface area contributed by atoms with Crippen molar-refractivity contribution in [1.29, 1.82) is 0 Å². The van der Waals surface area contributed by atoms with Gasteiger partial charge >= 0.3 is 0 Å². The molecule has 1 atom stereocenters. The van der Waals surface area contributed by atoms with Crippen LogP contribution in [0.3, 0.4) is 0 Å². The normalized spacial score (nSPS) is 12.0. The molecule has 0 spiro atoms. The van der Waals surface area contributed by atoms with Crippen LogP contribution >= 0.6 is 11.8 Å². The van der Waals surface area contributed by atoms with E-state index >= 15 is 0 Å². The van der Waals surface area contributed by atoms with Crippen LogP contribution in [0.1, 0.15) is 55.4 Å². The number of nitrogens with one attached hydrogen (secondary N) is 1. The Bertz CT molecular complexity index is 781. The molecule has 1 aromatic heterocycles. The van der Waals surface area contributed by atoms with E-state index < -0.39 is 0 Å². The first-order valence-corrected chi connectivity index (χ1v) is 9.83. The first-order valence-electron chi connectivity index (χ1n) is 8.95. The van der Waals surface area contributed by atoms with Gasteiger partial charge in [-0.2, -0.15) is 0 Å². The number of imidazole rings is 1. The molecule has 0 aliphatic heterocycles. The zero-order valence-electron chi connectivity index (χ0n) is 16.1. The number of amides is 1. The number of hydrogen-bond acceptors (Lipinski definition) is 4. The first-order chi connectivity index (χ1) is 12.3. The van der Waals surface area contributed by atoms with E-state index in [4.69, 9.17) is 0 Å². The van der Waals surface area contributed by atoms with Gasteiger partial charge < -0.3 is 9.88 Å². The van der Waals surface area contributed by atoms with E-state index in [1.54, 1.807) is 24.3 Å². The number of hydrogen-bond donors (Lipinski definition) is 1. The Morgan fingerprint density at radius 3 is 2.46 bits per heavy atom. The summed E-state index contributed by atoms with van der Waals surface area (Å²) in [7, 11) is 0. The average Bonchev–Trinajstić information content (AvgIpc) is 2.86. The molecule has 2 rings (SSSR count). The SMILES string of the molecule is CCCCn1c(S[C@@H](C)C(=O)c2ccc(NC(C)=O)cc2)nc(C)c1C. The summed E-state index contributed by atoms with van der Waals surface area (Å²) in [5, 5.41) is 3.38. The third kappa shape index (κ3) is 4.97. The fourth-order valence-electron chi connectivity index (χ4n) is 2.66. The summed E-state index contributed by atoms with van der Waals surface area (Å²) in [6.45, 7) is 10.6. The quantitative estimate of drug-likeness (QED) is 0.541. The smallest absolute Gasteiger partial charge is 0.221 e. The third-order valence-corrected chi connectivity index (χ3v) is 5.39. The molecule has 1 N–H and O–H groups in total. The van der Waals surface area contributed by atoms with Crippen LogP contribution in [0.2, 0.25) is 0 Å². The second kappa shape index (κ2) is 9.03. The summed E-state index contributed by atoms with van der Waals surface area (Å²) in [4.78, 5) is 28.5. The van der Waals surface area contributed by atoms with Crippen molar-refractivity contribution in [3.05, 3.63) is 41.2 Å². The number of carbonyl (C=O) groups is 2. The van der Waals surface area contributed by atoms with Gasteiger partial charge in [-0.05, 0) is 51.5 Å². The number of aryl methyl sites for hydroxylation is 1. The highest BCUT2D eigenvalue weighted by Gasteiger charge is 2.20. The Labute approximate surface area is 159 Å². The molecular weight excluding hydrogens is 346 g/mol. The van der Waals surface area contributed by atoms with Crippen LogP contribution in [0.5, 0.6) is 0 Å². The van der Waals surface area contributed by atoms with Gasteiger partial charge in [0, 0.05) is 30.4 Å². The van der Waals surface area contributed by atoms with E-state index in [0.717, 1.165) is 30.2 Å². The Balaban J connectivity index is 2.12. The second-order valence-electron chi connectivity index (χ2n) is 6.45. The van der Waals surface area contributed by atoms with Crippen LogP contribution in [0, 0.1) is 13.8 Å². The standard InChI is InChI=1S/C20H27N3O2S/c1-6-7-12-23-14(3)13(2)21-20(23)26-15(4)19(25)17-8-10-18(11-9-17)22-16(5)24/h8-11,15H,6-7,12H2,1-5H3,(H,22,24)/t15-/m0/s1. The van der Waals surface area contributed by atoms with Gasteiger partial charge in [0.1, 0.15) is 0 Å². The molecule has 5 nitrogen and oxygen atoms in total. The summed E-state index contributed by atoms with van der Waals surface area (Å²) < 4.78 is 2.22. The van der Waals surface area contributed by atoms with Crippen LogP contribution in [0.25, 0.3) is 0 Å².